The molecule has 0 bridgehead atoms. The second kappa shape index (κ2) is 19.5. The van der Waals surface area contributed by atoms with Crippen molar-refractivity contribution in [2.24, 2.45) is 0 Å². The van der Waals surface area contributed by atoms with Crippen molar-refractivity contribution in [1.82, 2.24) is 10.2 Å². The van der Waals surface area contributed by atoms with Crippen molar-refractivity contribution in [3.05, 3.63) is 65.2 Å². The van der Waals surface area contributed by atoms with Crippen molar-refractivity contribution < 1.29 is 57.5 Å². The zero-order valence-electron chi connectivity index (χ0n) is 27.6. The van der Waals surface area contributed by atoms with Gasteiger partial charge in [-0.1, -0.05) is 24.3 Å². The summed E-state index contributed by atoms with van der Waals surface area (Å²) in [5.74, 6) is -2.33. The molecule has 1 aliphatic rings. The number of benzene rings is 2. The van der Waals surface area contributed by atoms with Crippen molar-refractivity contribution in [3.63, 3.8) is 0 Å². The van der Waals surface area contributed by atoms with Crippen LogP contribution in [0.4, 0.5) is 0 Å². The Balaban J connectivity index is 1.16. The summed E-state index contributed by atoms with van der Waals surface area (Å²) in [6, 6.07) is 12.1. The number of carbonyl (C=O) groups excluding carboxylic acids is 4. The Morgan fingerprint density at radius 1 is 0.771 bits per heavy atom. The number of hydrogen-bond donors (Lipinski definition) is 2. The lowest BCUT2D eigenvalue weighted by atomic mass is 10.1. The van der Waals surface area contributed by atoms with E-state index in [1.807, 2.05) is 0 Å². The molecule has 3 rings (SSSR count). The second-order valence-corrected chi connectivity index (χ2v) is 11.7. The highest BCUT2D eigenvalue weighted by Crippen LogP contribution is 2.22. The van der Waals surface area contributed by atoms with Gasteiger partial charge in [0.1, 0.15) is 17.4 Å². The highest BCUT2D eigenvalue weighted by Gasteiger charge is 2.34. The summed E-state index contributed by atoms with van der Waals surface area (Å²) in [5, 5.41) is 12.1. The molecule has 3 amide bonds. The number of ether oxygens (including phenoxy) is 6. The Kier molecular flexibility index (Phi) is 15.4. The predicted octanol–water partition coefficient (Wildman–Crippen LogP) is 2.27. The maximum Gasteiger partial charge on any atom is 0.344 e. The molecule has 2 aromatic rings. The minimum absolute atomic E-state index is 0.0165. The summed E-state index contributed by atoms with van der Waals surface area (Å²) >= 11 is 0. The first-order valence-electron chi connectivity index (χ1n) is 15.7. The van der Waals surface area contributed by atoms with E-state index in [0.29, 0.717) is 48.9 Å². The van der Waals surface area contributed by atoms with Gasteiger partial charge in [-0.25, -0.2) is 9.59 Å². The molecule has 262 valence electrons. The number of nitrogens with one attached hydrogen (secondary N) is 1. The van der Waals surface area contributed by atoms with E-state index >= 15 is 0 Å². The normalized spacial score (nSPS) is 13.3. The molecule has 48 heavy (non-hydrogen) atoms. The Morgan fingerprint density at radius 3 is 1.81 bits per heavy atom. The largest absolute Gasteiger partial charge is 0.482 e. The minimum Gasteiger partial charge on any atom is -0.482 e. The molecule has 2 N–H and O–H groups in total. The Hall–Kier alpha value is -4.37. The number of fused-ring (bicyclic) bond motifs is 1. The maximum atomic E-state index is 12.3. The number of esters is 1. The van der Waals surface area contributed by atoms with Crippen molar-refractivity contribution in [2.75, 3.05) is 66.0 Å². The van der Waals surface area contributed by atoms with E-state index in [-0.39, 0.29) is 64.2 Å². The Bertz CT molecular complexity index is 1340. The lowest BCUT2D eigenvalue weighted by Crippen LogP contribution is -2.42. The average Bonchev–Trinajstić information content (AvgIpc) is 3.28. The van der Waals surface area contributed by atoms with Crippen LogP contribution in [-0.4, -0.2) is 117 Å². The molecule has 0 saturated heterocycles. The van der Waals surface area contributed by atoms with Crippen LogP contribution in [0.2, 0.25) is 0 Å². The molecule has 1 atom stereocenters. The second-order valence-electron chi connectivity index (χ2n) is 11.7. The van der Waals surface area contributed by atoms with E-state index in [1.54, 1.807) is 69.3 Å². The molecule has 2 aromatic carbocycles. The predicted molar refractivity (Wildman–Crippen MR) is 171 cm³/mol. The van der Waals surface area contributed by atoms with Gasteiger partial charge in [-0.3, -0.25) is 19.3 Å². The van der Waals surface area contributed by atoms with Gasteiger partial charge in [-0.15, -0.1) is 0 Å². The molecule has 1 unspecified atom stereocenters. The van der Waals surface area contributed by atoms with Gasteiger partial charge in [0.05, 0.1) is 70.5 Å². The average molecular weight is 673 g/mol. The van der Waals surface area contributed by atoms with E-state index in [2.05, 4.69) is 5.32 Å². The van der Waals surface area contributed by atoms with Gasteiger partial charge in [-0.2, -0.15) is 0 Å². The highest BCUT2D eigenvalue weighted by molar-refractivity contribution is 6.21. The van der Waals surface area contributed by atoms with Crippen molar-refractivity contribution >= 4 is 29.7 Å². The molecule has 0 fully saturated rings. The van der Waals surface area contributed by atoms with Crippen LogP contribution in [0.15, 0.2) is 48.5 Å². The van der Waals surface area contributed by atoms with E-state index in [9.17, 15) is 29.1 Å². The lowest BCUT2D eigenvalue weighted by Gasteiger charge is -2.19. The fourth-order valence-electron chi connectivity index (χ4n) is 4.46. The summed E-state index contributed by atoms with van der Waals surface area (Å²) < 4.78 is 32.3. The number of imide groups is 1. The molecule has 0 aliphatic carbocycles. The van der Waals surface area contributed by atoms with E-state index in [1.165, 1.54) is 4.90 Å². The number of hydrogen-bond acceptors (Lipinski definition) is 11. The number of carboxylic acids is 1. The molecular weight excluding hydrogens is 628 g/mol. The first kappa shape index (κ1) is 38.1. The maximum absolute atomic E-state index is 12.3. The summed E-state index contributed by atoms with van der Waals surface area (Å²) in [5.41, 5.74) is 0.870. The van der Waals surface area contributed by atoms with E-state index < -0.39 is 29.5 Å². The lowest BCUT2D eigenvalue weighted by molar-refractivity contribution is -0.157. The number of carboxylic acid groups (broad SMARTS) is 1. The number of amides is 3. The van der Waals surface area contributed by atoms with Crippen molar-refractivity contribution in [3.8, 4) is 5.75 Å². The molecule has 0 saturated carbocycles. The molecule has 1 aliphatic heterocycles. The number of aliphatic carboxylic acids is 1. The molecule has 14 heteroatoms. The Morgan fingerprint density at radius 2 is 1.29 bits per heavy atom. The minimum atomic E-state index is -1.17. The van der Waals surface area contributed by atoms with Gasteiger partial charge in [0.15, 0.2) is 6.61 Å². The summed E-state index contributed by atoms with van der Waals surface area (Å²) in [7, 11) is 0. The third kappa shape index (κ3) is 13.4. The van der Waals surface area contributed by atoms with Gasteiger partial charge in [0.25, 0.3) is 11.8 Å². The third-order valence-electron chi connectivity index (χ3n) is 6.70. The SMILES string of the molecule is CC(C)(C)OC(=O)COc1ccc(CC(NC(=O)CCOCCOCCOCCOCCN2C(=O)c3ccccc3C2=O)C(=O)O)cc1. The molecule has 0 spiro atoms. The van der Waals surface area contributed by atoms with Crippen LogP contribution < -0.4 is 10.1 Å². The zero-order valence-corrected chi connectivity index (χ0v) is 27.6. The summed E-state index contributed by atoms with van der Waals surface area (Å²) in [4.78, 5) is 61.6. The van der Waals surface area contributed by atoms with Gasteiger partial charge >= 0.3 is 11.9 Å². The highest BCUT2D eigenvalue weighted by atomic mass is 16.6. The number of carbonyl (C=O) groups is 5. The van der Waals surface area contributed by atoms with Gasteiger partial charge in [-0.05, 0) is 50.6 Å². The summed E-state index contributed by atoms with van der Waals surface area (Å²) in [6.07, 6.45) is 0.0452. The quantitative estimate of drug-likeness (QED) is 0.106. The zero-order chi connectivity index (χ0) is 34.9. The van der Waals surface area contributed by atoms with Crippen LogP contribution in [0.3, 0.4) is 0 Å². The topological polar surface area (TPSA) is 176 Å². The van der Waals surface area contributed by atoms with Crippen molar-refractivity contribution in [2.45, 2.75) is 45.3 Å². The van der Waals surface area contributed by atoms with Crippen LogP contribution in [0.5, 0.6) is 5.75 Å². The fraction of sp³-hybridized carbons (Fsp3) is 0.500. The van der Waals surface area contributed by atoms with E-state index in [0.717, 1.165) is 0 Å². The molecule has 1 heterocycles. The van der Waals surface area contributed by atoms with Crippen LogP contribution in [0, 0.1) is 0 Å². The first-order valence-corrected chi connectivity index (χ1v) is 15.7. The number of nitrogens with zero attached hydrogens (tertiary/aromatic N) is 1. The van der Waals surface area contributed by atoms with Gasteiger partial charge in [0.2, 0.25) is 5.91 Å². The standard InChI is InChI=1S/C34H44N2O12/c1-34(2,3)48-30(38)23-47-25-10-8-24(9-11-25)22-28(33(41)42)35-29(37)12-14-43-16-18-45-20-21-46-19-17-44-15-13-36-31(39)26-6-4-5-7-27(26)32(36)40/h4-11,28H,12-23H2,1-3H3,(H,35,37)(H,41,42). The van der Waals surface area contributed by atoms with Crippen LogP contribution in [-0.2, 0) is 44.5 Å². The fourth-order valence-corrected chi connectivity index (χ4v) is 4.46. The summed E-state index contributed by atoms with van der Waals surface area (Å²) in [6.45, 7) is 7.33. The van der Waals surface area contributed by atoms with Crippen LogP contribution >= 0.6 is 0 Å². The first-order chi connectivity index (χ1) is 22.9. The Labute approximate surface area is 279 Å². The van der Waals surface area contributed by atoms with Gasteiger partial charge in [0, 0.05) is 12.8 Å². The van der Waals surface area contributed by atoms with E-state index in [4.69, 9.17) is 28.4 Å². The molecule has 14 nitrogen and oxygen atoms in total. The molecular formula is C34H44N2O12. The van der Waals surface area contributed by atoms with Crippen LogP contribution in [0.1, 0.15) is 53.5 Å². The molecule has 0 aromatic heterocycles. The third-order valence-corrected chi connectivity index (χ3v) is 6.70. The van der Waals surface area contributed by atoms with Crippen molar-refractivity contribution in [1.29, 1.82) is 0 Å². The monoisotopic (exact) mass is 672 g/mol. The number of rotatable bonds is 22. The van der Waals surface area contributed by atoms with Crippen LogP contribution in [0.25, 0.3) is 0 Å². The smallest absolute Gasteiger partial charge is 0.344 e. The molecule has 0 radical (unpaired) electrons. The van der Waals surface area contributed by atoms with Gasteiger partial charge < -0.3 is 38.8 Å².